The van der Waals surface area contributed by atoms with E-state index in [9.17, 15) is 14.9 Å². The Hall–Kier alpha value is -2.28. The molecule has 2 saturated carbocycles. The van der Waals surface area contributed by atoms with Gasteiger partial charge in [0.05, 0.1) is 10.3 Å². The van der Waals surface area contributed by atoms with E-state index in [4.69, 9.17) is 0 Å². The van der Waals surface area contributed by atoms with Crippen molar-refractivity contribution in [2.45, 2.75) is 43.9 Å². The van der Waals surface area contributed by atoms with E-state index in [0.717, 1.165) is 24.8 Å². The van der Waals surface area contributed by atoms with Crippen molar-refractivity contribution in [2.75, 3.05) is 5.32 Å². The number of carbonyl (C=O) groups is 1. The van der Waals surface area contributed by atoms with Crippen molar-refractivity contribution >= 4 is 28.1 Å². The number of hydrogen-bond acceptors (Lipinski definition) is 5. The van der Waals surface area contributed by atoms with Gasteiger partial charge in [0.1, 0.15) is 0 Å². The summed E-state index contributed by atoms with van der Waals surface area (Å²) in [5, 5.41) is 16.5. The maximum atomic E-state index is 13.2. The number of aromatic nitrogens is 1. The van der Waals surface area contributed by atoms with E-state index in [1.807, 2.05) is 11.4 Å². The maximum Gasteiger partial charge on any atom is 0.269 e. The molecule has 0 radical (unpaired) electrons. The van der Waals surface area contributed by atoms with Crippen LogP contribution in [0.4, 0.5) is 10.8 Å². The van der Waals surface area contributed by atoms with Crippen molar-refractivity contribution in [2.24, 2.45) is 11.8 Å². The molecule has 1 amide bonds. The van der Waals surface area contributed by atoms with Crippen LogP contribution in [-0.2, 0) is 10.2 Å². The summed E-state index contributed by atoms with van der Waals surface area (Å²) in [6.07, 6.45) is 8.39. The largest absolute Gasteiger partial charge is 0.301 e. The van der Waals surface area contributed by atoms with E-state index < -0.39 is 10.3 Å². The minimum absolute atomic E-state index is 0.0400. The molecule has 1 aromatic carbocycles. The molecule has 0 bridgehead atoms. The molecule has 2 unspecified atom stereocenters. The molecule has 1 N–H and O–H groups in total. The topological polar surface area (TPSA) is 85.1 Å². The second-order valence-electron chi connectivity index (χ2n) is 7.28. The SMILES string of the molecule is O=C(Nc1nccs1)C1(c2cccc([N+](=O)[O-])c2)CC1C1CCCCC1. The molecule has 2 aromatic rings. The molecule has 0 aliphatic heterocycles. The van der Waals surface area contributed by atoms with Crippen LogP contribution in [0, 0.1) is 22.0 Å². The third kappa shape index (κ3) is 3.00. The average molecular weight is 371 g/mol. The molecular weight excluding hydrogens is 350 g/mol. The van der Waals surface area contributed by atoms with Gasteiger partial charge in [-0.3, -0.25) is 14.9 Å². The highest BCUT2D eigenvalue weighted by atomic mass is 32.1. The van der Waals surface area contributed by atoms with Crippen molar-refractivity contribution in [1.29, 1.82) is 0 Å². The van der Waals surface area contributed by atoms with Crippen molar-refractivity contribution in [3.63, 3.8) is 0 Å². The molecule has 7 heteroatoms. The number of nitro groups is 1. The van der Waals surface area contributed by atoms with Crippen LogP contribution in [0.25, 0.3) is 0 Å². The Balaban J connectivity index is 1.67. The van der Waals surface area contributed by atoms with Crippen LogP contribution in [0.15, 0.2) is 35.8 Å². The lowest BCUT2D eigenvalue weighted by atomic mass is 9.80. The normalized spacial score (nSPS) is 25.6. The molecule has 0 spiro atoms. The first-order valence-corrected chi connectivity index (χ1v) is 9.95. The summed E-state index contributed by atoms with van der Waals surface area (Å²) in [5.41, 5.74) is 0.134. The van der Waals surface area contributed by atoms with Gasteiger partial charge in [0.15, 0.2) is 5.13 Å². The van der Waals surface area contributed by atoms with Crippen molar-refractivity contribution in [1.82, 2.24) is 4.98 Å². The Morgan fingerprint density at radius 3 is 2.81 bits per heavy atom. The van der Waals surface area contributed by atoms with Gasteiger partial charge in [-0.1, -0.05) is 44.2 Å². The van der Waals surface area contributed by atoms with Crippen LogP contribution >= 0.6 is 11.3 Å². The minimum Gasteiger partial charge on any atom is -0.301 e. The highest BCUT2D eigenvalue weighted by molar-refractivity contribution is 7.13. The predicted molar refractivity (Wildman–Crippen MR) is 100 cm³/mol. The molecule has 1 heterocycles. The Kier molecular flexibility index (Phi) is 4.48. The summed E-state index contributed by atoms with van der Waals surface area (Å²) in [5.74, 6) is 0.693. The number of benzene rings is 1. The number of non-ortho nitro benzene ring substituents is 1. The van der Waals surface area contributed by atoms with E-state index in [0.29, 0.717) is 11.0 Å². The van der Waals surface area contributed by atoms with Gasteiger partial charge in [-0.25, -0.2) is 4.98 Å². The number of amides is 1. The lowest BCUT2D eigenvalue weighted by molar-refractivity contribution is -0.384. The lowest BCUT2D eigenvalue weighted by Crippen LogP contribution is -2.32. The molecule has 2 fully saturated rings. The molecular formula is C19H21N3O3S. The summed E-state index contributed by atoms with van der Waals surface area (Å²) in [4.78, 5) is 28.2. The Morgan fingerprint density at radius 2 is 2.12 bits per heavy atom. The fraction of sp³-hybridized carbons (Fsp3) is 0.474. The number of thiazole rings is 1. The third-order valence-corrected chi connectivity index (χ3v) is 6.55. The number of rotatable bonds is 5. The average Bonchev–Trinajstić information content (AvgIpc) is 3.24. The zero-order valence-electron chi connectivity index (χ0n) is 14.4. The van der Waals surface area contributed by atoms with Gasteiger partial charge in [-0.15, -0.1) is 11.3 Å². The predicted octanol–water partition coefficient (Wildman–Crippen LogP) is 4.53. The van der Waals surface area contributed by atoms with Crippen LogP contribution < -0.4 is 5.32 Å². The number of anilines is 1. The van der Waals surface area contributed by atoms with E-state index in [-0.39, 0.29) is 17.5 Å². The zero-order valence-corrected chi connectivity index (χ0v) is 15.2. The number of carbonyl (C=O) groups excluding carboxylic acids is 1. The van der Waals surface area contributed by atoms with Crippen LogP contribution in [0.1, 0.15) is 44.1 Å². The molecule has 26 heavy (non-hydrogen) atoms. The second-order valence-corrected chi connectivity index (χ2v) is 8.17. The standard InChI is InChI=1S/C19H21N3O3S/c23-17(21-18-20-9-10-26-18)19(12-16(19)13-5-2-1-3-6-13)14-7-4-8-15(11-14)22(24)25/h4,7-11,13,16H,1-3,5-6,12H2,(H,20,21,23). The van der Waals surface area contributed by atoms with Gasteiger partial charge in [-0.2, -0.15) is 0 Å². The van der Waals surface area contributed by atoms with E-state index in [1.165, 1.54) is 36.7 Å². The van der Waals surface area contributed by atoms with Gasteiger partial charge in [0.25, 0.3) is 5.69 Å². The molecule has 2 atom stereocenters. The number of nitrogens with one attached hydrogen (secondary N) is 1. The first-order chi connectivity index (χ1) is 12.6. The number of nitro benzene ring substituents is 1. The van der Waals surface area contributed by atoms with Gasteiger partial charge < -0.3 is 5.32 Å². The van der Waals surface area contributed by atoms with Crippen LogP contribution in [0.3, 0.4) is 0 Å². The molecule has 2 aliphatic rings. The summed E-state index contributed by atoms with van der Waals surface area (Å²) in [6.45, 7) is 0. The minimum atomic E-state index is -0.667. The smallest absolute Gasteiger partial charge is 0.269 e. The van der Waals surface area contributed by atoms with E-state index in [2.05, 4.69) is 10.3 Å². The molecule has 136 valence electrons. The number of hydrogen-bond donors (Lipinski definition) is 1. The summed E-state index contributed by atoms with van der Waals surface area (Å²) >= 11 is 1.38. The van der Waals surface area contributed by atoms with Gasteiger partial charge in [0, 0.05) is 23.7 Å². The highest BCUT2D eigenvalue weighted by Gasteiger charge is 2.63. The molecule has 0 saturated heterocycles. The molecule has 2 aliphatic carbocycles. The highest BCUT2D eigenvalue weighted by Crippen LogP contribution is 2.61. The van der Waals surface area contributed by atoms with Gasteiger partial charge in [-0.05, 0) is 23.8 Å². The monoisotopic (exact) mass is 371 g/mol. The summed E-state index contributed by atoms with van der Waals surface area (Å²) in [7, 11) is 0. The third-order valence-electron chi connectivity index (χ3n) is 5.86. The Labute approximate surface area is 155 Å². The van der Waals surface area contributed by atoms with E-state index >= 15 is 0 Å². The summed E-state index contributed by atoms with van der Waals surface area (Å²) in [6, 6.07) is 6.59. The van der Waals surface area contributed by atoms with Gasteiger partial charge in [0.2, 0.25) is 5.91 Å². The fourth-order valence-corrected chi connectivity index (χ4v) is 5.03. The Bertz CT molecular complexity index is 817. The van der Waals surface area contributed by atoms with Crippen molar-refractivity contribution in [3.8, 4) is 0 Å². The van der Waals surface area contributed by atoms with Crippen molar-refractivity contribution < 1.29 is 9.72 Å². The first kappa shape index (κ1) is 17.1. The van der Waals surface area contributed by atoms with Crippen LogP contribution in [-0.4, -0.2) is 15.8 Å². The van der Waals surface area contributed by atoms with Crippen LogP contribution in [0.5, 0.6) is 0 Å². The van der Waals surface area contributed by atoms with E-state index in [1.54, 1.807) is 18.3 Å². The molecule has 4 rings (SSSR count). The number of nitrogens with zero attached hydrogens (tertiary/aromatic N) is 2. The quantitative estimate of drug-likeness (QED) is 0.618. The van der Waals surface area contributed by atoms with Crippen molar-refractivity contribution in [3.05, 3.63) is 51.5 Å². The van der Waals surface area contributed by atoms with Crippen LogP contribution in [0.2, 0.25) is 0 Å². The Morgan fingerprint density at radius 1 is 1.31 bits per heavy atom. The maximum absolute atomic E-state index is 13.2. The zero-order chi connectivity index (χ0) is 18.1. The molecule has 6 nitrogen and oxygen atoms in total. The van der Waals surface area contributed by atoms with Gasteiger partial charge >= 0.3 is 0 Å². The second kappa shape index (κ2) is 6.79. The molecule has 1 aromatic heterocycles. The fourth-order valence-electron chi connectivity index (χ4n) is 4.51. The lowest BCUT2D eigenvalue weighted by Gasteiger charge is -2.25. The first-order valence-electron chi connectivity index (χ1n) is 9.07. The summed E-state index contributed by atoms with van der Waals surface area (Å²) < 4.78 is 0.